The molecular formula is C12H17N3O2S. The monoisotopic (exact) mass is 267 g/mol. The largest absolute Gasteiger partial charge is 0.352 e. The number of aromatic amines is 1. The molecule has 98 valence electrons. The van der Waals surface area contributed by atoms with Crippen LogP contribution in [0.15, 0.2) is 18.3 Å². The van der Waals surface area contributed by atoms with E-state index >= 15 is 0 Å². The van der Waals surface area contributed by atoms with Gasteiger partial charge in [0.05, 0.1) is 12.1 Å². The van der Waals surface area contributed by atoms with Crippen molar-refractivity contribution in [3.63, 3.8) is 0 Å². The Morgan fingerprint density at radius 2 is 2.06 bits per heavy atom. The van der Waals surface area contributed by atoms with Crippen LogP contribution < -0.4 is 10.6 Å². The maximum absolute atomic E-state index is 11.8. The summed E-state index contributed by atoms with van der Waals surface area (Å²) < 4.78 is 0.353. The van der Waals surface area contributed by atoms with Gasteiger partial charge in [0.1, 0.15) is 4.64 Å². The molecular weight excluding hydrogens is 250 g/mol. The molecule has 0 aliphatic carbocycles. The van der Waals surface area contributed by atoms with E-state index in [9.17, 15) is 9.59 Å². The van der Waals surface area contributed by atoms with Crippen LogP contribution in [0.25, 0.3) is 0 Å². The van der Waals surface area contributed by atoms with Gasteiger partial charge in [-0.1, -0.05) is 12.2 Å². The maximum Gasteiger partial charge on any atom is 0.254 e. The number of carbonyl (C=O) groups excluding carboxylic acids is 2. The van der Waals surface area contributed by atoms with Crippen LogP contribution >= 0.6 is 12.2 Å². The topological polar surface area (TPSA) is 74.0 Å². The molecule has 2 amide bonds. The first-order chi connectivity index (χ1) is 8.29. The molecule has 1 heterocycles. The van der Waals surface area contributed by atoms with Crippen molar-refractivity contribution in [3.05, 3.63) is 28.5 Å². The smallest absolute Gasteiger partial charge is 0.254 e. The summed E-state index contributed by atoms with van der Waals surface area (Å²) >= 11 is 4.98. The van der Waals surface area contributed by atoms with Crippen molar-refractivity contribution in [1.29, 1.82) is 0 Å². The van der Waals surface area contributed by atoms with Crippen LogP contribution in [-0.4, -0.2) is 28.9 Å². The first kappa shape index (κ1) is 14.4. The van der Waals surface area contributed by atoms with Crippen molar-refractivity contribution in [1.82, 2.24) is 15.6 Å². The molecule has 0 aliphatic rings. The highest BCUT2D eigenvalue weighted by molar-refractivity contribution is 7.71. The molecule has 0 radical (unpaired) electrons. The molecule has 0 atom stereocenters. The number of H-pyrrole nitrogens is 1. The third kappa shape index (κ3) is 4.67. The molecule has 18 heavy (non-hydrogen) atoms. The van der Waals surface area contributed by atoms with Crippen molar-refractivity contribution in [2.24, 2.45) is 0 Å². The number of rotatable bonds is 3. The van der Waals surface area contributed by atoms with Crippen LogP contribution in [0.1, 0.15) is 31.1 Å². The minimum Gasteiger partial charge on any atom is -0.352 e. The van der Waals surface area contributed by atoms with Gasteiger partial charge in [-0.3, -0.25) is 9.59 Å². The van der Waals surface area contributed by atoms with Crippen LogP contribution in [0.4, 0.5) is 0 Å². The predicted octanol–water partition coefficient (Wildman–Crippen LogP) is 1.39. The van der Waals surface area contributed by atoms with E-state index in [-0.39, 0.29) is 23.9 Å². The molecule has 0 fully saturated rings. The Hall–Kier alpha value is -1.69. The second kappa shape index (κ2) is 5.77. The second-order valence-corrected chi connectivity index (χ2v) is 5.30. The normalized spacial score (nSPS) is 10.8. The van der Waals surface area contributed by atoms with E-state index in [0.717, 1.165) is 0 Å². The Labute approximate surface area is 111 Å². The van der Waals surface area contributed by atoms with Crippen LogP contribution in [0.3, 0.4) is 0 Å². The van der Waals surface area contributed by atoms with E-state index in [1.54, 1.807) is 18.3 Å². The highest BCUT2D eigenvalue weighted by Gasteiger charge is 2.15. The van der Waals surface area contributed by atoms with Crippen molar-refractivity contribution in [3.8, 4) is 0 Å². The fourth-order valence-corrected chi connectivity index (χ4v) is 1.55. The molecule has 6 heteroatoms. The van der Waals surface area contributed by atoms with E-state index in [0.29, 0.717) is 10.2 Å². The second-order valence-electron chi connectivity index (χ2n) is 4.89. The average Bonchev–Trinajstić information content (AvgIpc) is 2.24. The van der Waals surface area contributed by atoms with E-state index in [1.165, 1.54) is 0 Å². The number of aromatic nitrogens is 1. The fourth-order valence-electron chi connectivity index (χ4n) is 1.32. The number of hydrogen-bond donors (Lipinski definition) is 3. The van der Waals surface area contributed by atoms with Crippen molar-refractivity contribution < 1.29 is 9.59 Å². The third-order valence-electron chi connectivity index (χ3n) is 1.99. The number of nitrogens with one attached hydrogen (secondary N) is 3. The number of amides is 2. The van der Waals surface area contributed by atoms with Gasteiger partial charge in [-0.25, -0.2) is 0 Å². The van der Waals surface area contributed by atoms with E-state index in [4.69, 9.17) is 12.2 Å². The van der Waals surface area contributed by atoms with E-state index in [1.807, 2.05) is 20.8 Å². The minimum absolute atomic E-state index is 0.0697. The Balaban J connectivity index is 2.55. The van der Waals surface area contributed by atoms with E-state index in [2.05, 4.69) is 15.6 Å². The average molecular weight is 267 g/mol. The lowest BCUT2D eigenvalue weighted by Crippen LogP contribution is -2.45. The van der Waals surface area contributed by atoms with Gasteiger partial charge in [0.25, 0.3) is 5.91 Å². The lowest BCUT2D eigenvalue weighted by Gasteiger charge is -2.20. The summed E-state index contributed by atoms with van der Waals surface area (Å²) in [6.07, 6.45) is 1.64. The fraction of sp³-hybridized carbons (Fsp3) is 0.417. The molecule has 1 aromatic heterocycles. The summed E-state index contributed by atoms with van der Waals surface area (Å²) in [6, 6.07) is 3.29. The molecule has 0 spiro atoms. The molecule has 0 saturated heterocycles. The highest BCUT2D eigenvalue weighted by Crippen LogP contribution is 2.00. The highest BCUT2D eigenvalue weighted by atomic mass is 32.1. The quantitative estimate of drug-likeness (QED) is 0.725. The maximum atomic E-state index is 11.8. The van der Waals surface area contributed by atoms with Gasteiger partial charge in [-0.05, 0) is 32.9 Å². The molecule has 0 aromatic carbocycles. The Morgan fingerprint density at radius 1 is 1.39 bits per heavy atom. The van der Waals surface area contributed by atoms with Gasteiger partial charge in [0, 0.05) is 11.7 Å². The molecule has 1 rings (SSSR count). The van der Waals surface area contributed by atoms with Crippen molar-refractivity contribution in [2.45, 2.75) is 26.3 Å². The van der Waals surface area contributed by atoms with Gasteiger partial charge >= 0.3 is 0 Å². The predicted molar refractivity (Wildman–Crippen MR) is 71.9 cm³/mol. The van der Waals surface area contributed by atoms with Gasteiger partial charge in [-0.15, -0.1) is 0 Å². The van der Waals surface area contributed by atoms with E-state index < -0.39 is 0 Å². The Morgan fingerprint density at radius 3 is 2.61 bits per heavy atom. The van der Waals surface area contributed by atoms with Gasteiger partial charge in [0.2, 0.25) is 5.91 Å². The zero-order chi connectivity index (χ0) is 13.8. The van der Waals surface area contributed by atoms with Gasteiger partial charge < -0.3 is 15.6 Å². The lowest BCUT2D eigenvalue weighted by molar-refractivity contribution is -0.121. The molecule has 3 N–H and O–H groups in total. The zero-order valence-electron chi connectivity index (χ0n) is 10.7. The first-order valence-electron chi connectivity index (χ1n) is 5.56. The van der Waals surface area contributed by atoms with Crippen LogP contribution in [-0.2, 0) is 4.79 Å². The van der Waals surface area contributed by atoms with Crippen LogP contribution in [0.5, 0.6) is 0 Å². The first-order valence-corrected chi connectivity index (χ1v) is 5.97. The SMILES string of the molecule is CC(C)(C)NC(=O)CNC(=O)c1ccc[nH]c1=S. The number of carbonyl (C=O) groups is 2. The summed E-state index contributed by atoms with van der Waals surface area (Å²) in [5.74, 6) is -0.595. The minimum atomic E-state index is -0.360. The Kier molecular flexibility index (Phi) is 4.61. The number of hydrogen-bond acceptors (Lipinski definition) is 3. The molecule has 0 unspecified atom stereocenters. The standard InChI is InChI=1S/C12H17N3O2S/c1-12(2,3)15-9(16)7-14-10(17)8-5-4-6-13-11(8)18/h4-6H,7H2,1-3H3,(H,13,18)(H,14,17)(H,15,16). The number of pyridine rings is 1. The summed E-state index contributed by atoms with van der Waals surface area (Å²) in [5, 5.41) is 5.28. The molecule has 0 aliphatic heterocycles. The lowest BCUT2D eigenvalue weighted by atomic mass is 10.1. The van der Waals surface area contributed by atoms with Crippen LogP contribution in [0, 0.1) is 4.64 Å². The summed E-state index contributed by atoms with van der Waals surface area (Å²) in [5.41, 5.74) is 0.0435. The van der Waals surface area contributed by atoms with Gasteiger partial charge in [-0.2, -0.15) is 0 Å². The molecule has 1 aromatic rings. The molecule has 0 saturated carbocycles. The van der Waals surface area contributed by atoms with Gasteiger partial charge in [0.15, 0.2) is 0 Å². The van der Waals surface area contributed by atoms with Crippen molar-refractivity contribution in [2.75, 3.05) is 6.54 Å². The van der Waals surface area contributed by atoms with Crippen LogP contribution in [0.2, 0.25) is 0 Å². The van der Waals surface area contributed by atoms with Crippen molar-refractivity contribution >= 4 is 24.0 Å². The zero-order valence-corrected chi connectivity index (χ0v) is 11.5. The summed E-state index contributed by atoms with van der Waals surface area (Å²) in [4.78, 5) is 26.0. The molecule has 5 nitrogen and oxygen atoms in total. The third-order valence-corrected chi connectivity index (χ3v) is 2.32. The summed E-state index contributed by atoms with van der Waals surface area (Å²) in [6.45, 7) is 5.56. The Bertz CT molecular complexity index is 503. The molecule has 0 bridgehead atoms. The summed E-state index contributed by atoms with van der Waals surface area (Å²) in [7, 11) is 0.